The highest BCUT2D eigenvalue weighted by atomic mass is 32.2. The quantitative estimate of drug-likeness (QED) is 0.886. The summed E-state index contributed by atoms with van der Waals surface area (Å²) in [5, 5.41) is 0. The molecule has 1 atom stereocenters. The molecule has 2 N–H and O–H groups in total. The fraction of sp³-hybridized carbons (Fsp3) is 0.600. The average molecular weight is 265 g/mol. The van der Waals surface area contributed by atoms with Crippen LogP contribution in [0.4, 0.5) is 0 Å². The fourth-order valence-electron chi connectivity index (χ4n) is 2.30. The van der Waals surface area contributed by atoms with E-state index in [1.54, 1.807) is 0 Å². The maximum absolute atomic E-state index is 6.08. The molecular formula is C15H23NOS. The Hall–Kier alpha value is -0.670. The van der Waals surface area contributed by atoms with Gasteiger partial charge in [-0.3, -0.25) is 0 Å². The van der Waals surface area contributed by atoms with Crippen LogP contribution in [0.2, 0.25) is 0 Å². The van der Waals surface area contributed by atoms with Crippen LogP contribution in [0.3, 0.4) is 0 Å². The Kier molecular flexibility index (Phi) is 5.39. The van der Waals surface area contributed by atoms with Gasteiger partial charge in [0.1, 0.15) is 11.9 Å². The molecule has 1 fully saturated rings. The standard InChI is InChI=1S/C15H23NOS/c1-12(5-8-16)13-3-2-4-15(11-13)17-14-6-9-18-10-7-14/h2-4,11-12,14H,5-10,16H2,1H3. The molecule has 0 aromatic heterocycles. The van der Waals surface area contributed by atoms with Crippen LogP contribution in [0.5, 0.6) is 5.75 Å². The predicted octanol–water partition coefficient (Wildman–Crippen LogP) is 3.41. The van der Waals surface area contributed by atoms with Crippen molar-refractivity contribution in [2.24, 2.45) is 5.73 Å². The van der Waals surface area contributed by atoms with Gasteiger partial charge in [0.15, 0.2) is 0 Å². The molecule has 0 radical (unpaired) electrons. The van der Waals surface area contributed by atoms with Crippen molar-refractivity contribution in [1.29, 1.82) is 0 Å². The molecule has 18 heavy (non-hydrogen) atoms. The lowest BCUT2D eigenvalue weighted by molar-refractivity contribution is 0.192. The van der Waals surface area contributed by atoms with Gasteiger partial charge >= 0.3 is 0 Å². The zero-order valence-corrected chi connectivity index (χ0v) is 11.9. The van der Waals surface area contributed by atoms with Crippen LogP contribution in [-0.4, -0.2) is 24.2 Å². The zero-order valence-electron chi connectivity index (χ0n) is 11.1. The van der Waals surface area contributed by atoms with Crippen molar-refractivity contribution in [3.63, 3.8) is 0 Å². The molecule has 0 amide bonds. The van der Waals surface area contributed by atoms with Crippen molar-refractivity contribution < 1.29 is 4.74 Å². The van der Waals surface area contributed by atoms with E-state index in [0.29, 0.717) is 12.0 Å². The van der Waals surface area contributed by atoms with E-state index in [0.717, 1.165) is 18.7 Å². The highest BCUT2D eigenvalue weighted by Crippen LogP contribution is 2.26. The predicted molar refractivity (Wildman–Crippen MR) is 79.5 cm³/mol. The third-order valence-corrected chi connectivity index (χ3v) is 4.55. The first-order chi connectivity index (χ1) is 8.79. The van der Waals surface area contributed by atoms with E-state index in [-0.39, 0.29) is 0 Å². The summed E-state index contributed by atoms with van der Waals surface area (Å²) in [6.07, 6.45) is 3.79. The molecule has 1 aliphatic rings. The van der Waals surface area contributed by atoms with E-state index in [2.05, 4.69) is 31.2 Å². The maximum Gasteiger partial charge on any atom is 0.120 e. The summed E-state index contributed by atoms with van der Waals surface area (Å²) in [5.41, 5.74) is 6.96. The van der Waals surface area contributed by atoms with Gasteiger partial charge in [0.05, 0.1) is 0 Å². The van der Waals surface area contributed by atoms with Crippen molar-refractivity contribution in [1.82, 2.24) is 0 Å². The van der Waals surface area contributed by atoms with E-state index in [4.69, 9.17) is 10.5 Å². The van der Waals surface area contributed by atoms with Crippen LogP contribution in [0, 0.1) is 0 Å². The summed E-state index contributed by atoms with van der Waals surface area (Å²) >= 11 is 2.03. The first-order valence-corrected chi connectivity index (χ1v) is 7.99. The van der Waals surface area contributed by atoms with Gasteiger partial charge in [-0.1, -0.05) is 19.1 Å². The van der Waals surface area contributed by atoms with Crippen molar-refractivity contribution in [2.45, 2.75) is 38.2 Å². The highest BCUT2D eigenvalue weighted by molar-refractivity contribution is 7.99. The molecule has 1 aliphatic heterocycles. The minimum atomic E-state index is 0.409. The Morgan fingerprint density at radius 1 is 1.39 bits per heavy atom. The van der Waals surface area contributed by atoms with Crippen LogP contribution in [0.15, 0.2) is 24.3 Å². The van der Waals surface area contributed by atoms with Crippen LogP contribution < -0.4 is 10.5 Å². The first kappa shape index (κ1) is 13.8. The molecule has 1 aromatic rings. The van der Waals surface area contributed by atoms with E-state index < -0.39 is 0 Å². The minimum absolute atomic E-state index is 0.409. The van der Waals surface area contributed by atoms with Crippen molar-refractivity contribution >= 4 is 11.8 Å². The number of benzene rings is 1. The fourth-order valence-corrected chi connectivity index (χ4v) is 3.36. The smallest absolute Gasteiger partial charge is 0.120 e. The van der Waals surface area contributed by atoms with E-state index in [1.165, 1.54) is 29.9 Å². The number of ether oxygens (including phenoxy) is 1. The van der Waals surface area contributed by atoms with Gasteiger partial charge in [-0.15, -0.1) is 0 Å². The van der Waals surface area contributed by atoms with E-state index >= 15 is 0 Å². The molecule has 0 saturated carbocycles. The number of thioether (sulfide) groups is 1. The van der Waals surface area contributed by atoms with Crippen LogP contribution in [0.1, 0.15) is 37.7 Å². The van der Waals surface area contributed by atoms with Crippen LogP contribution in [-0.2, 0) is 0 Å². The molecule has 1 aromatic carbocycles. The zero-order chi connectivity index (χ0) is 12.8. The van der Waals surface area contributed by atoms with Gasteiger partial charge in [-0.25, -0.2) is 0 Å². The summed E-state index contributed by atoms with van der Waals surface area (Å²) in [6.45, 7) is 2.97. The monoisotopic (exact) mass is 265 g/mol. The molecule has 100 valence electrons. The summed E-state index contributed by atoms with van der Waals surface area (Å²) in [7, 11) is 0. The van der Waals surface area contributed by atoms with Crippen molar-refractivity contribution in [3.8, 4) is 5.75 Å². The average Bonchev–Trinajstić information content (AvgIpc) is 2.40. The molecule has 3 heteroatoms. The lowest BCUT2D eigenvalue weighted by Gasteiger charge is -2.23. The largest absolute Gasteiger partial charge is 0.490 e. The second-order valence-electron chi connectivity index (χ2n) is 4.98. The molecule has 0 bridgehead atoms. The minimum Gasteiger partial charge on any atom is -0.490 e. The van der Waals surface area contributed by atoms with Crippen LogP contribution in [0.25, 0.3) is 0 Å². The second kappa shape index (κ2) is 7.05. The van der Waals surface area contributed by atoms with Crippen molar-refractivity contribution in [3.05, 3.63) is 29.8 Å². The molecule has 2 nitrogen and oxygen atoms in total. The Balaban J connectivity index is 1.97. The van der Waals surface area contributed by atoms with E-state index in [9.17, 15) is 0 Å². The SMILES string of the molecule is CC(CCN)c1cccc(OC2CCSCC2)c1. The first-order valence-electron chi connectivity index (χ1n) is 6.84. The van der Waals surface area contributed by atoms with Gasteiger partial charge in [0, 0.05) is 0 Å². The molecule has 1 saturated heterocycles. The molecule has 1 heterocycles. The van der Waals surface area contributed by atoms with Gasteiger partial charge in [0.25, 0.3) is 0 Å². The maximum atomic E-state index is 6.08. The Morgan fingerprint density at radius 2 is 2.17 bits per heavy atom. The van der Waals surface area contributed by atoms with Crippen LogP contribution >= 0.6 is 11.8 Å². The number of hydrogen-bond donors (Lipinski definition) is 1. The molecular weight excluding hydrogens is 242 g/mol. The topological polar surface area (TPSA) is 35.2 Å². The lowest BCUT2D eigenvalue weighted by atomic mass is 9.98. The van der Waals surface area contributed by atoms with Crippen molar-refractivity contribution in [2.75, 3.05) is 18.1 Å². The normalized spacial score (nSPS) is 18.6. The summed E-state index contributed by atoms with van der Waals surface area (Å²) in [6, 6.07) is 8.52. The summed E-state index contributed by atoms with van der Waals surface area (Å²) in [4.78, 5) is 0. The third kappa shape index (κ3) is 3.92. The van der Waals surface area contributed by atoms with E-state index in [1.807, 2.05) is 11.8 Å². The van der Waals surface area contributed by atoms with Gasteiger partial charge in [-0.05, 0) is 60.9 Å². The molecule has 0 aliphatic carbocycles. The third-order valence-electron chi connectivity index (χ3n) is 3.50. The number of nitrogens with two attached hydrogens (primary N) is 1. The Bertz CT molecular complexity index is 363. The molecule has 0 spiro atoms. The number of hydrogen-bond acceptors (Lipinski definition) is 3. The highest BCUT2D eigenvalue weighted by Gasteiger charge is 2.15. The Morgan fingerprint density at radius 3 is 2.89 bits per heavy atom. The number of rotatable bonds is 5. The summed E-state index contributed by atoms with van der Waals surface area (Å²) in [5.74, 6) is 4.00. The summed E-state index contributed by atoms with van der Waals surface area (Å²) < 4.78 is 6.08. The van der Waals surface area contributed by atoms with Gasteiger partial charge in [0.2, 0.25) is 0 Å². The molecule has 2 rings (SSSR count). The lowest BCUT2D eigenvalue weighted by Crippen LogP contribution is -2.22. The Labute approximate surface area is 114 Å². The molecule has 1 unspecified atom stereocenters. The van der Waals surface area contributed by atoms with Gasteiger partial charge in [-0.2, -0.15) is 11.8 Å². The van der Waals surface area contributed by atoms with Gasteiger partial charge < -0.3 is 10.5 Å². The second-order valence-corrected chi connectivity index (χ2v) is 6.21.